The van der Waals surface area contributed by atoms with Crippen molar-refractivity contribution in [2.24, 2.45) is 0 Å². The normalized spacial score (nSPS) is 14.6. The second-order valence-corrected chi connectivity index (χ2v) is 8.07. The molecule has 1 aliphatic heterocycles. The van der Waals surface area contributed by atoms with Gasteiger partial charge < -0.3 is 24.1 Å². The van der Waals surface area contributed by atoms with Gasteiger partial charge in [-0.3, -0.25) is 9.69 Å². The molecule has 1 fully saturated rings. The number of fused-ring (bicyclic) bond motifs is 1. The number of hydrogen-bond acceptors (Lipinski definition) is 6. The average molecular weight is 439 g/mol. The minimum atomic E-state index is -0.243. The van der Waals surface area contributed by atoms with Crippen molar-refractivity contribution in [2.45, 2.75) is 26.4 Å². The molecule has 1 saturated heterocycles. The Kier molecular flexibility index (Phi) is 6.92. The zero-order valence-corrected chi connectivity index (χ0v) is 18.8. The van der Waals surface area contributed by atoms with Gasteiger partial charge >= 0.3 is 0 Å². The molecule has 32 heavy (non-hydrogen) atoms. The van der Waals surface area contributed by atoms with Gasteiger partial charge in [-0.2, -0.15) is 0 Å². The van der Waals surface area contributed by atoms with Gasteiger partial charge in [-0.25, -0.2) is 4.98 Å². The number of ether oxygens (including phenoxy) is 3. The Hall–Kier alpha value is -3.10. The van der Waals surface area contributed by atoms with Crippen molar-refractivity contribution < 1.29 is 19.0 Å². The van der Waals surface area contributed by atoms with Gasteiger partial charge in [0.05, 0.1) is 37.9 Å². The molecule has 0 bridgehead atoms. The van der Waals surface area contributed by atoms with Crippen LogP contribution in [-0.4, -0.2) is 60.4 Å². The molecule has 2 heterocycles. The van der Waals surface area contributed by atoms with Gasteiger partial charge in [-0.15, -0.1) is 0 Å². The molecule has 1 amide bonds. The highest BCUT2D eigenvalue weighted by Gasteiger charge is 2.18. The maximum Gasteiger partial charge on any atom is 0.262 e. The predicted octanol–water partition coefficient (Wildman–Crippen LogP) is 3.48. The number of nitrogens with one attached hydrogen (secondary N) is 1. The molecule has 3 aromatic rings. The van der Waals surface area contributed by atoms with E-state index >= 15 is 0 Å². The minimum absolute atomic E-state index is 0.110. The Bertz CT molecular complexity index is 1070. The molecule has 0 atom stereocenters. The summed E-state index contributed by atoms with van der Waals surface area (Å²) < 4.78 is 18.6. The molecule has 1 N–H and O–H groups in total. The van der Waals surface area contributed by atoms with Gasteiger partial charge in [0.15, 0.2) is 18.1 Å². The number of imidazole rings is 1. The summed E-state index contributed by atoms with van der Waals surface area (Å²) in [6.07, 6.45) is 0. The Labute approximate surface area is 188 Å². The SMILES string of the molecule is COc1ccccc1OCC(=O)Nc1ccc2c(c1)nc(CN1CCOCC1)n2C(C)C. The van der Waals surface area contributed by atoms with Crippen LogP contribution in [0.25, 0.3) is 11.0 Å². The molecule has 4 rings (SSSR count). The first-order valence-corrected chi connectivity index (χ1v) is 10.9. The van der Waals surface area contributed by atoms with Crippen LogP contribution in [0.4, 0.5) is 5.69 Å². The van der Waals surface area contributed by atoms with Crippen molar-refractivity contribution in [1.29, 1.82) is 0 Å². The van der Waals surface area contributed by atoms with E-state index in [1.54, 1.807) is 19.2 Å². The molecule has 0 radical (unpaired) electrons. The van der Waals surface area contributed by atoms with E-state index in [0.717, 1.165) is 49.7 Å². The number of methoxy groups -OCH3 is 1. The lowest BCUT2D eigenvalue weighted by Gasteiger charge is -2.27. The number of para-hydroxylation sites is 2. The van der Waals surface area contributed by atoms with E-state index in [1.165, 1.54) is 0 Å². The molecule has 8 heteroatoms. The summed E-state index contributed by atoms with van der Waals surface area (Å²) in [6, 6.07) is 13.4. The van der Waals surface area contributed by atoms with E-state index in [2.05, 4.69) is 28.6 Å². The molecule has 0 spiro atoms. The summed E-state index contributed by atoms with van der Waals surface area (Å²) in [7, 11) is 1.57. The van der Waals surface area contributed by atoms with Crippen LogP contribution >= 0.6 is 0 Å². The molecule has 0 aliphatic carbocycles. The number of rotatable bonds is 8. The molecular formula is C24H30N4O4. The fourth-order valence-corrected chi connectivity index (χ4v) is 3.95. The van der Waals surface area contributed by atoms with Crippen LogP contribution in [0.2, 0.25) is 0 Å². The fraction of sp³-hybridized carbons (Fsp3) is 0.417. The van der Waals surface area contributed by atoms with Gasteiger partial charge in [0.2, 0.25) is 0 Å². The van der Waals surface area contributed by atoms with Gasteiger partial charge in [-0.1, -0.05) is 12.1 Å². The van der Waals surface area contributed by atoms with E-state index < -0.39 is 0 Å². The number of carbonyl (C=O) groups is 1. The maximum absolute atomic E-state index is 12.4. The zero-order chi connectivity index (χ0) is 22.5. The quantitative estimate of drug-likeness (QED) is 0.580. The number of nitrogens with zero attached hydrogens (tertiary/aromatic N) is 3. The largest absolute Gasteiger partial charge is 0.493 e. The fourth-order valence-electron chi connectivity index (χ4n) is 3.95. The molecule has 0 saturated carbocycles. The van der Waals surface area contributed by atoms with Gasteiger partial charge in [0.1, 0.15) is 5.82 Å². The summed E-state index contributed by atoms with van der Waals surface area (Å²) in [5.74, 6) is 1.91. The molecule has 0 unspecified atom stereocenters. The third kappa shape index (κ3) is 5.03. The summed E-state index contributed by atoms with van der Waals surface area (Å²) in [4.78, 5) is 19.7. The number of morpholine rings is 1. The first-order valence-electron chi connectivity index (χ1n) is 10.9. The van der Waals surface area contributed by atoms with Crippen molar-refractivity contribution in [3.8, 4) is 11.5 Å². The molecule has 1 aromatic heterocycles. The summed E-state index contributed by atoms with van der Waals surface area (Å²) in [5.41, 5.74) is 2.62. The first kappa shape index (κ1) is 22.1. The lowest BCUT2D eigenvalue weighted by Crippen LogP contribution is -2.36. The van der Waals surface area contributed by atoms with Crippen LogP contribution in [0.1, 0.15) is 25.7 Å². The lowest BCUT2D eigenvalue weighted by atomic mass is 10.2. The number of hydrogen-bond donors (Lipinski definition) is 1. The zero-order valence-electron chi connectivity index (χ0n) is 18.8. The van der Waals surface area contributed by atoms with Crippen molar-refractivity contribution >= 4 is 22.6 Å². The topological polar surface area (TPSA) is 77.8 Å². The number of carbonyl (C=O) groups excluding carboxylic acids is 1. The van der Waals surface area contributed by atoms with E-state index in [1.807, 2.05) is 30.3 Å². The highest BCUT2D eigenvalue weighted by Crippen LogP contribution is 2.27. The highest BCUT2D eigenvalue weighted by molar-refractivity contribution is 5.94. The summed E-state index contributed by atoms with van der Waals surface area (Å²) in [6.45, 7) is 8.34. The summed E-state index contributed by atoms with van der Waals surface area (Å²) >= 11 is 0. The number of benzene rings is 2. The van der Waals surface area contributed by atoms with Crippen LogP contribution < -0.4 is 14.8 Å². The van der Waals surface area contributed by atoms with Crippen LogP contribution in [0.5, 0.6) is 11.5 Å². The minimum Gasteiger partial charge on any atom is -0.493 e. The third-order valence-electron chi connectivity index (χ3n) is 5.46. The monoisotopic (exact) mass is 438 g/mol. The lowest BCUT2D eigenvalue weighted by molar-refractivity contribution is -0.118. The van der Waals surface area contributed by atoms with Crippen LogP contribution in [0.15, 0.2) is 42.5 Å². The van der Waals surface area contributed by atoms with Crippen molar-refractivity contribution in [3.05, 3.63) is 48.3 Å². The Morgan fingerprint density at radius 2 is 1.91 bits per heavy atom. The van der Waals surface area contributed by atoms with Gasteiger partial charge in [0.25, 0.3) is 5.91 Å². The smallest absolute Gasteiger partial charge is 0.262 e. The van der Waals surface area contributed by atoms with Crippen molar-refractivity contribution in [2.75, 3.05) is 45.3 Å². The number of aromatic nitrogens is 2. The van der Waals surface area contributed by atoms with Crippen molar-refractivity contribution in [1.82, 2.24) is 14.5 Å². The van der Waals surface area contributed by atoms with Gasteiger partial charge in [-0.05, 0) is 44.2 Å². The van der Waals surface area contributed by atoms with Crippen LogP contribution in [0, 0.1) is 0 Å². The average Bonchev–Trinajstić information content (AvgIpc) is 3.15. The van der Waals surface area contributed by atoms with E-state index in [-0.39, 0.29) is 18.6 Å². The molecular weight excluding hydrogens is 408 g/mol. The second-order valence-electron chi connectivity index (χ2n) is 8.07. The van der Waals surface area contributed by atoms with Crippen LogP contribution in [-0.2, 0) is 16.1 Å². The summed E-state index contributed by atoms with van der Waals surface area (Å²) in [5, 5.41) is 2.90. The maximum atomic E-state index is 12.4. The molecule has 2 aromatic carbocycles. The predicted molar refractivity (Wildman–Crippen MR) is 123 cm³/mol. The number of amides is 1. The molecule has 1 aliphatic rings. The Morgan fingerprint density at radius 1 is 1.16 bits per heavy atom. The highest BCUT2D eigenvalue weighted by atomic mass is 16.5. The molecule has 8 nitrogen and oxygen atoms in total. The van der Waals surface area contributed by atoms with Crippen molar-refractivity contribution in [3.63, 3.8) is 0 Å². The first-order chi connectivity index (χ1) is 15.5. The standard InChI is InChI=1S/C24H30N4O4/c1-17(2)28-20-9-8-18(14-19(20)26-23(28)15-27-10-12-31-13-11-27)25-24(29)16-32-22-7-5-4-6-21(22)30-3/h4-9,14,17H,10-13,15-16H2,1-3H3,(H,25,29). The van der Waals surface area contributed by atoms with E-state index in [9.17, 15) is 4.79 Å². The molecule has 170 valence electrons. The van der Waals surface area contributed by atoms with Crippen LogP contribution in [0.3, 0.4) is 0 Å². The van der Waals surface area contributed by atoms with Gasteiger partial charge in [0, 0.05) is 24.8 Å². The Morgan fingerprint density at radius 3 is 2.62 bits per heavy atom. The van der Waals surface area contributed by atoms with E-state index in [0.29, 0.717) is 17.2 Å². The Balaban J connectivity index is 1.47. The third-order valence-corrected chi connectivity index (χ3v) is 5.46. The number of anilines is 1. The second kappa shape index (κ2) is 10.0. The van der Waals surface area contributed by atoms with E-state index in [4.69, 9.17) is 19.2 Å².